The summed E-state index contributed by atoms with van der Waals surface area (Å²) < 4.78 is 1.39. The monoisotopic (exact) mass is 341 g/mol. The summed E-state index contributed by atoms with van der Waals surface area (Å²) in [4.78, 5) is 0. The smallest absolute Gasteiger partial charge is 0.0136 e. The van der Waals surface area contributed by atoms with Gasteiger partial charge in [0.25, 0.3) is 0 Å². The van der Waals surface area contributed by atoms with Crippen molar-refractivity contribution in [2.24, 2.45) is 11.8 Å². The topological polar surface area (TPSA) is 12.0 Å². The maximum atomic E-state index is 3.48. The first-order valence-electron chi connectivity index (χ1n) is 6.48. The summed E-state index contributed by atoms with van der Waals surface area (Å²) in [6.45, 7) is 9.36. The highest BCUT2D eigenvalue weighted by Gasteiger charge is 2.53. The third-order valence-corrected chi connectivity index (χ3v) is 4.89. The molecule has 2 unspecified atom stereocenters. The van der Waals surface area contributed by atoms with Gasteiger partial charge in [-0.2, -0.15) is 0 Å². The molecule has 1 aliphatic carbocycles. The van der Waals surface area contributed by atoms with E-state index in [2.05, 4.69) is 66.9 Å². The summed E-state index contributed by atoms with van der Waals surface area (Å²) >= 11 is 2.46. The zero-order valence-electron chi connectivity index (χ0n) is 10.8. The van der Waals surface area contributed by atoms with Crippen molar-refractivity contribution in [3.63, 3.8) is 0 Å². The molecule has 0 radical (unpaired) electrons. The lowest BCUT2D eigenvalue weighted by molar-refractivity contribution is 0.587. The molecular weight excluding hydrogens is 321 g/mol. The molecule has 0 aromatic heterocycles. The Kier molecular flexibility index (Phi) is 2.78. The molecule has 0 amide bonds. The average molecular weight is 341 g/mol. The molecule has 1 aromatic rings. The Morgan fingerprint density at radius 2 is 1.76 bits per heavy atom. The van der Waals surface area contributed by atoms with E-state index in [9.17, 15) is 0 Å². The second-order valence-electron chi connectivity index (χ2n) is 6.53. The van der Waals surface area contributed by atoms with E-state index in [1.807, 2.05) is 0 Å². The highest BCUT2D eigenvalue weighted by Crippen LogP contribution is 2.56. The molecule has 1 saturated heterocycles. The van der Waals surface area contributed by atoms with Crippen LogP contribution in [0.5, 0.6) is 0 Å². The van der Waals surface area contributed by atoms with Crippen molar-refractivity contribution in [2.75, 3.05) is 13.1 Å². The van der Waals surface area contributed by atoms with E-state index in [0.29, 0.717) is 0 Å². The van der Waals surface area contributed by atoms with Gasteiger partial charge in [0.2, 0.25) is 0 Å². The zero-order valence-corrected chi connectivity index (χ0v) is 12.9. The molecule has 2 atom stereocenters. The predicted octanol–water partition coefficient (Wildman–Crippen LogP) is 3.52. The number of fused-ring (bicyclic) bond motifs is 1. The Morgan fingerprint density at radius 3 is 2.35 bits per heavy atom. The predicted molar refractivity (Wildman–Crippen MR) is 80.4 cm³/mol. The van der Waals surface area contributed by atoms with E-state index in [4.69, 9.17) is 0 Å². The first-order chi connectivity index (χ1) is 7.97. The molecule has 2 fully saturated rings. The number of nitrogens with one attached hydrogen (secondary N) is 1. The van der Waals surface area contributed by atoms with Crippen molar-refractivity contribution < 1.29 is 0 Å². The lowest BCUT2D eigenvalue weighted by atomic mass is 9.85. The van der Waals surface area contributed by atoms with Crippen LogP contribution in [0.4, 0.5) is 0 Å². The fourth-order valence-corrected chi connectivity index (χ4v) is 3.85. The lowest BCUT2D eigenvalue weighted by Crippen LogP contribution is -2.15. The van der Waals surface area contributed by atoms with Crippen molar-refractivity contribution in [3.05, 3.63) is 32.9 Å². The number of hydrogen-bond acceptors (Lipinski definition) is 1. The molecule has 2 heteroatoms. The van der Waals surface area contributed by atoms with Gasteiger partial charge in [0.15, 0.2) is 0 Å². The standard InChI is InChI=1S/C15H20IN/c1-15(2,3)10-4-9(5-11(16)6-10)14-12-7-17-8-13(12)14/h4-6,12-14,17H,7-8H2,1-3H3. The zero-order chi connectivity index (χ0) is 12.2. The first-order valence-corrected chi connectivity index (χ1v) is 7.56. The molecule has 92 valence electrons. The van der Waals surface area contributed by atoms with E-state index >= 15 is 0 Å². The van der Waals surface area contributed by atoms with Crippen LogP contribution < -0.4 is 5.32 Å². The van der Waals surface area contributed by atoms with Crippen molar-refractivity contribution in [1.29, 1.82) is 0 Å². The summed E-state index contributed by atoms with van der Waals surface area (Å²) in [5, 5.41) is 3.48. The molecule has 0 spiro atoms. The molecule has 1 saturated carbocycles. The van der Waals surface area contributed by atoms with Crippen LogP contribution in [0.15, 0.2) is 18.2 Å². The summed E-state index contributed by atoms with van der Waals surface area (Å²) in [6.07, 6.45) is 0. The second kappa shape index (κ2) is 3.95. The molecular formula is C15H20IN. The van der Waals surface area contributed by atoms with Gasteiger partial charge < -0.3 is 5.32 Å². The van der Waals surface area contributed by atoms with Crippen molar-refractivity contribution >= 4 is 22.6 Å². The molecule has 1 aromatic carbocycles. The molecule has 17 heavy (non-hydrogen) atoms. The Hall–Kier alpha value is -0.0900. The minimum Gasteiger partial charge on any atom is -0.316 e. The van der Waals surface area contributed by atoms with Gasteiger partial charge in [-0.1, -0.05) is 26.8 Å². The molecule has 1 aliphatic heterocycles. The second-order valence-corrected chi connectivity index (χ2v) is 7.78. The summed E-state index contributed by atoms with van der Waals surface area (Å²) in [7, 11) is 0. The quantitative estimate of drug-likeness (QED) is 0.771. The van der Waals surface area contributed by atoms with Gasteiger partial charge in [-0.3, -0.25) is 0 Å². The number of hydrogen-bond donors (Lipinski definition) is 1. The van der Waals surface area contributed by atoms with Crippen LogP contribution in [-0.4, -0.2) is 13.1 Å². The third kappa shape index (κ3) is 2.14. The Bertz CT molecular complexity index is 437. The van der Waals surface area contributed by atoms with E-state index in [-0.39, 0.29) is 5.41 Å². The van der Waals surface area contributed by atoms with Crippen molar-refractivity contribution in [1.82, 2.24) is 5.32 Å². The van der Waals surface area contributed by atoms with Gasteiger partial charge in [-0.05, 0) is 82.1 Å². The van der Waals surface area contributed by atoms with Gasteiger partial charge in [-0.25, -0.2) is 0 Å². The number of halogens is 1. The van der Waals surface area contributed by atoms with E-state index in [1.165, 1.54) is 22.2 Å². The minimum absolute atomic E-state index is 0.262. The minimum atomic E-state index is 0.262. The van der Waals surface area contributed by atoms with Crippen LogP contribution >= 0.6 is 22.6 Å². The van der Waals surface area contributed by atoms with Gasteiger partial charge in [0, 0.05) is 3.57 Å². The largest absolute Gasteiger partial charge is 0.316 e. The van der Waals surface area contributed by atoms with Gasteiger partial charge in [0.05, 0.1) is 0 Å². The van der Waals surface area contributed by atoms with Gasteiger partial charge >= 0.3 is 0 Å². The molecule has 1 N–H and O–H groups in total. The Balaban J connectivity index is 1.93. The van der Waals surface area contributed by atoms with E-state index in [1.54, 1.807) is 5.56 Å². The van der Waals surface area contributed by atoms with Crippen LogP contribution in [0.25, 0.3) is 0 Å². The SMILES string of the molecule is CC(C)(C)c1cc(I)cc(C2C3CNCC32)c1. The molecule has 1 nitrogen and oxygen atoms in total. The van der Waals surface area contributed by atoms with Crippen LogP contribution in [0, 0.1) is 15.4 Å². The van der Waals surface area contributed by atoms with E-state index < -0.39 is 0 Å². The first kappa shape index (κ1) is 12.0. The Morgan fingerprint density at radius 1 is 1.12 bits per heavy atom. The van der Waals surface area contributed by atoms with Crippen LogP contribution in [0.2, 0.25) is 0 Å². The third-order valence-electron chi connectivity index (χ3n) is 4.26. The van der Waals surface area contributed by atoms with Gasteiger partial charge in [0.1, 0.15) is 0 Å². The lowest BCUT2D eigenvalue weighted by Gasteiger charge is -2.21. The Labute approximate surface area is 118 Å². The maximum Gasteiger partial charge on any atom is 0.0136 e. The highest BCUT2D eigenvalue weighted by molar-refractivity contribution is 14.1. The van der Waals surface area contributed by atoms with Crippen LogP contribution in [0.1, 0.15) is 37.8 Å². The average Bonchev–Trinajstić information content (AvgIpc) is 2.70. The fraction of sp³-hybridized carbons (Fsp3) is 0.600. The number of rotatable bonds is 1. The van der Waals surface area contributed by atoms with Crippen LogP contribution in [-0.2, 0) is 5.41 Å². The van der Waals surface area contributed by atoms with Crippen LogP contribution in [0.3, 0.4) is 0 Å². The summed E-state index contributed by atoms with van der Waals surface area (Å²) in [5.41, 5.74) is 3.33. The molecule has 0 bridgehead atoms. The number of piperidine rings is 1. The van der Waals surface area contributed by atoms with Crippen molar-refractivity contribution in [3.8, 4) is 0 Å². The summed E-state index contributed by atoms with van der Waals surface area (Å²) in [5.74, 6) is 2.68. The molecule has 2 aliphatic rings. The van der Waals surface area contributed by atoms with E-state index in [0.717, 1.165) is 17.8 Å². The maximum absolute atomic E-state index is 3.48. The fourth-order valence-electron chi connectivity index (χ4n) is 3.15. The normalized spacial score (nSPS) is 31.4. The van der Waals surface area contributed by atoms with Gasteiger partial charge in [-0.15, -0.1) is 0 Å². The molecule has 1 heterocycles. The van der Waals surface area contributed by atoms with Crippen molar-refractivity contribution in [2.45, 2.75) is 32.1 Å². The number of benzene rings is 1. The molecule has 3 rings (SSSR count). The highest BCUT2D eigenvalue weighted by atomic mass is 127. The summed E-state index contributed by atoms with van der Waals surface area (Å²) in [6, 6.07) is 7.17.